The minimum atomic E-state index is 0.358. The molecule has 0 aliphatic carbocycles. The van der Waals surface area contributed by atoms with Crippen LogP contribution in [0.3, 0.4) is 0 Å². The third-order valence-electron chi connectivity index (χ3n) is 5.42. The van der Waals surface area contributed by atoms with E-state index in [0.717, 1.165) is 45.2 Å². The summed E-state index contributed by atoms with van der Waals surface area (Å²) >= 11 is 0. The molecule has 0 spiro atoms. The Hall–Kier alpha value is -1.79. The summed E-state index contributed by atoms with van der Waals surface area (Å²) in [5, 5.41) is 6.94. The number of benzene rings is 1. The van der Waals surface area contributed by atoms with Crippen LogP contribution in [0.5, 0.6) is 0 Å². The van der Waals surface area contributed by atoms with Crippen molar-refractivity contribution >= 4 is 11.6 Å². The molecule has 0 aromatic heterocycles. The Morgan fingerprint density at radius 3 is 2.64 bits per heavy atom. The van der Waals surface area contributed by atoms with Gasteiger partial charge in [0.15, 0.2) is 5.96 Å². The molecule has 0 radical (unpaired) electrons. The molecule has 136 valence electrons. The minimum Gasteiger partial charge on any atom is -0.378 e. The molecule has 3 heterocycles. The molecule has 3 atom stereocenters. The predicted molar refractivity (Wildman–Crippen MR) is 99.1 cm³/mol. The Morgan fingerprint density at radius 1 is 1.20 bits per heavy atom. The number of hydrogen-bond donors (Lipinski definition) is 2. The van der Waals surface area contributed by atoms with E-state index in [1.807, 2.05) is 7.05 Å². The van der Waals surface area contributed by atoms with E-state index in [0.29, 0.717) is 18.2 Å². The first-order valence-electron chi connectivity index (χ1n) is 9.36. The average Bonchev–Trinajstić information content (AvgIpc) is 3.29. The second kappa shape index (κ2) is 7.62. The Morgan fingerprint density at radius 2 is 2.00 bits per heavy atom. The number of fused-ring (bicyclic) bond motifs is 2. The molecule has 6 nitrogen and oxygen atoms in total. The van der Waals surface area contributed by atoms with Crippen molar-refractivity contribution in [3.05, 3.63) is 29.8 Å². The van der Waals surface area contributed by atoms with Crippen LogP contribution in [-0.2, 0) is 16.0 Å². The highest BCUT2D eigenvalue weighted by Gasteiger charge is 2.41. The molecule has 25 heavy (non-hydrogen) atoms. The smallest absolute Gasteiger partial charge is 0.191 e. The van der Waals surface area contributed by atoms with Gasteiger partial charge in [0.25, 0.3) is 0 Å². The van der Waals surface area contributed by atoms with Crippen LogP contribution in [0, 0.1) is 0 Å². The largest absolute Gasteiger partial charge is 0.378 e. The monoisotopic (exact) mass is 344 g/mol. The number of aliphatic imine (C=N–C) groups is 1. The summed E-state index contributed by atoms with van der Waals surface area (Å²) in [6.45, 7) is 4.35. The molecule has 3 saturated heterocycles. The number of anilines is 1. The molecule has 0 amide bonds. The summed E-state index contributed by atoms with van der Waals surface area (Å²) in [5.74, 6) is 0.860. The Kier molecular flexibility index (Phi) is 5.08. The van der Waals surface area contributed by atoms with Crippen LogP contribution in [-0.4, -0.2) is 57.6 Å². The molecule has 2 N–H and O–H groups in total. The van der Waals surface area contributed by atoms with Gasteiger partial charge in [-0.2, -0.15) is 0 Å². The maximum Gasteiger partial charge on any atom is 0.191 e. The molecule has 0 saturated carbocycles. The van der Waals surface area contributed by atoms with E-state index in [9.17, 15) is 0 Å². The number of guanidine groups is 1. The van der Waals surface area contributed by atoms with Crippen LogP contribution in [0.2, 0.25) is 0 Å². The van der Waals surface area contributed by atoms with Crippen molar-refractivity contribution in [1.29, 1.82) is 0 Å². The zero-order valence-corrected chi connectivity index (χ0v) is 14.9. The van der Waals surface area contributed by atoms with E-state index < -0.39 is 0 Å². The molecule has 3 aliphatic heterocycles. The van der Waals surface area contributed by atoms with Crippen molar-refractivity contribution in [3.63, 3.8) is 0 Å². The number of rotatable bonds is 4. The molecule has 3 fully saturated rings. The van der Waals surface area contributed by atoms with Crippen LogP contribution < -0.4 is 15.5 Å². The van der Waals surface area contributed by atoms with Crippen molar-refractivity contribution < 1.29 is 9.47 Å². The van der Waals surface area contributed by atoms with E-state index in [2.05, 4.69) is 44.8 Å². The summed E-state index contributed by atoms with van der Waals surface area (Å²) in [5.41, 5.74) is 2.53. The predicted octanol–water partition coefficient (Wildman–Crippen LogP) is 1.51. The number of hydrogen-bond acceptors (Lipinski definition) is 4. The molecule has 1 aromatic rings. The normalized spacial score (nSPS) is 29.1. The average molecular weight is 344 g/mol. The lowest BCUT2D eigenvalue weighted by Crippen LogP contribution is -2.47. The Labute approximate surface area is 149 Å². The first kappa shape index (κ1) is 16.7. The molecule has 4 rings (SSSR count). The van der Waals surface area contributed by atoms with Crippen LogP contribution >= 0.6 is 0 Å². The fourth-order valence-corrected chi connectivity index (χ4v) is 3.99. The standard InChI is InChI=1S/C19H28N4O2/c1-20-19(22-17-12-16-6-7-18(17)25-16)21-13-14-2-4-15(5-3-14)23-8-10-24-11-9-23/h2-5,16-18H,6-13H2,1H3,(H2,20,21,22). The van der Waals surface area contributed by atoms with Gasteiger partial charge in [-0.25, -0.2) is 0 Å². The number of nitrogens with zero attached hydrogens (tertiary/aromatic N) is 2. The van der Waals surface area contributed by atoms with Crippen LogP contribution in [0.4, 0.5) is 5.69 Å². The fraction of sp³-hybridized carbons (Fsp3) is 0.632. The van der Waals surface area contributed by atoms with Gasteiger partial charge >= 0.3 is 0 Å². The van der Waals surface area contributed by atoms with E-state index in [4.69, 9.17) is 9.47 Å². The van der Waals surface area contributed by atoms with Gasteiger partial charge in [-0.3, -0.25) is 4.99 Å². The maximum absolute atomic E-state index is 5.90. The molecular weight excluding hydrogens is 316 g/mol. The van der Waals surface area contributed by atoms with E-state index in [-0.39, 0.29) is 0 Å². The second-order valence-corrected chi connectivity index (χ2v) is 7.05. The van der Waals surface area contributed by atoms with Gasteiger partial charge in [0, 0.05) is 32.4 Å². The van der Waals surface area contributed by atoms with E-state index in [1.165, 1.54) is 24.1 Å². The van der Waals surface area contributed by atoms with Gasteiger partial charge in [0.2, 0.25) is 0 Å². The number of nitrogens with one attached hydrogen (secondary N) is 2. The van der Waals surface area contributed by atoms with Crippen LogP contribution in [0.25, 0.3) is 0 Å². The van der Waals surface area contributed by atoms with Crippen molar-refractivity contribution in [2.24, 2.45) is 4.99 Å². The minimum absolute atomic E-state index is 0.358. The summed E-state index contributed by atoms with van der Waals surface area (Å²) in [7, 11) is 1.82. The van der Waals surface area contributed by atoms with Crippen molar-refractivity contribution in [2.45, 2.75) is 44.1 Å². The zero-order chi connectivity index (χ0) is 17.1. The summed E-state index contributed by atoms with van der Waals surface area (Å²) in [4.78, 5) is 6.73. The summed E-state index contributed by atoms with van der Waals surface area (Å²) < 4.78 is 11.3. The number of ether oxygens (including phenoxy) is 2. The van der Waals surface area contributed by atoms with E-state index >= 15 is 0 Å². The van der Waals surface area contributed by atoms with Crippen LogP contribution in [0.15, 0.2) is 29.3 Å². The molecule has 3 unspecified atom stereocenters. The molecule has 1 aromatic carbocycles. The first-order chi connectivity index (χ1) is 12.3. The highest BCUT2D eigenvalue weighted by atomic mass is 16.5. The second-order valence-electron chi connectivity index (χ2n) is 7.05. The highest BCUT2D eigenvalue weighted by molar-refractivity contribution is 5.80. The van der Waals surface area contributed by atoms with Gasteiger partial charge in [0.1, 0.15) is 0 Å². The summed E-state index contributed by atoms with van der Waals surface area (Å²) in [6, 6.07) is 9.16. The van der Waals surface area contributed by atoms with Gasteiger partial charge in [-0.1, -0.05) is 12.1 Å². The number of morpholine rings is 1. The van der Waals surface area contributed by atoms with Gasteiger partial charge in [0.05, 0.1) is 31.5 Å². The Bertz CT molecular complexity index is 598. The third-order valence-corrected chi connectivity index (χ3v) is 5.42. The zero-order valence-electron chi connectivity index (χ0n) is 14.9. The molecule has 3 aliphatic rings. The lowest BCUT2D eigenvalue weighted by atomic mass is 9.96. The quantitative estimate of drug-likeness (QED) is 0.640. The molecule has 2 bridgehead atoms. The van der Waals surface area contributed by atoms with Crippen molar-refractivity contribution in [2.75, 3.05) is 38.3 Å². The molecular formula is C19H28N4O2. The Balaban J connectivity index is 1.28. The highest BCUT2D eigenvalue weighted by Crippen LogP contribution is 2.34. The van der Waals surface area contributed by atoms with E-state index in [1.54, 1.807) is 0 Å². The lowest BCUT2D eigenvalue weighted by Gasteiger charge is -2.29. The van der Waals surface area contributed by atoms with Crippen LogP contribution in [0.1, 0.15) is 24.8 Å². The van der Waals surface area contributed by atoms with Gasteiger partial charge < -0.3 is 25.0 Å². The lowest BCUT2D eigenvalue weighted by molar-refractivity contribution is 0.0992. The topological polar surface area (TPSA) is 58.1 Å². The fourth-order valence-electron chi connectivity index (χ4n) is 3.99. The molecule has 6 heteroatoms. The third kappa shape index (κ3) is 3.90. The van der Waals surface area contributed by atoms with Gasteiger partial charge in [-0.15, -0.1) is 0 Å². The SMILES string of the molecule is CN=C(NCc1ccc(N2CCOCC2)cc1)NC1CC2CCC1O2. The summed E-state index contributed by atoms with van der Waals surface area (Å²) in [6.07, 6.45) is 4.29. The van der Waals surface area contributed by atoms with Gasteiger partial charge in [-0.05, 0) is 37.0 Å². The first-order valence-corrected chi connectivity index (χ1v) is 9.36. The van der Waals surface area contributed by atoms with Crippen molar-refractivity contribution in [3.8, 4) is 0 Å². The van der Waals surface area contributed by atoms with Crippen molar-refractivity contribution in [1.82, 2.24) is 10.6 Å². The maximum atomic E-state index is 5.90.